The van der Waals surface area contributed by atoms with Crippen molar-refractivity contribution < 1.29 is 22.9 Å². The molecule has 0 bridgehead atoms. The van der Waals surface area contributed by atoms with Gasteiger partial charge in [0.05, 0.1) is 10.8 Å². The Morgan fingerprint density at radius 1 is 0.917 bits per heavy atom. The highest BCUT2D eigenvalue weighted by atomic mass is 32.2. The summed E-state index contributed by atoms with van der Waals surface area (Å²) in [5.74, 6) is -1.12. The third-order valence-corrected chi connectivity index (χ3v) is 4.89. The Bertz CT molecular complexity index is 1090. The van der Waals surface area contributed by atoms with Gasteiger partial charge < -0.3 is 10.2 Å². The quantitative estimate of drug-likeness (QED) is 0.739. The van der Waals surface area contributed by atoms with E-state index in [-0.39, 0.29) is 15.7 Å². The lowest BCUT2D eigenvalue weighted by Crippen LogP contribution is -2.19. The van der Waals surface area contributed by atoms with Crippen molar-refractivity contribution in [3.05, 3.63) is 52.4 Å². The molecule has 1 aromatic heterocycles. The smallest absolute Gasteiger partial charge is 0.357 e. The zero-order valence-corrected chi connectivity index (χ0v) is 13.7. The summed E-state index contributed by atoms with van der Waals surface area (Å²) in [6.07, 6.45) is 0. The Morgan fingerprint density at radius 2 is 1.38 bits per heavy atom. The van der Waals surface area contributed by atoms with Crippen LogP contribution < -0.4 is 14.7 Å². The summed E-state index contributed by atoms with van der Waals surface area (Å²) in [4.78, 5) is -0.102. The molecule has 3 rings (SSSR count). The molecular weight excluding hydrogens is 330 g/mol. The molecule has 6 nitrogen and oxygen atoms in total. The van der Waals surface area contributed by atoms with Gasteiger partial charge >= 0.3 is 10.1 Å². The number of nitrogens with zero attached hydrogens (tertiary/aromatic N) is 1. The van der Waals surface area contributed by atoms with Crippen LogP contribution in [0.2, 0.25) is 0 Å². The molecule has 0 radical (unpaired) electrons. The number of aromatic hydroxyl groups is 2. The molecule has 0 unspecified atom stereocenters. The largest absolute Gasteiger partial charge is 0.492 e. The molecule has 24 heavy (non-hydrogen) atoms. The normalized spacial score (nSPS) is 11.7. The maximum absolute atomic E-state index is 12.4. The fraction of sp³-hybridized carbons (Fsp3) is 0.0588. The van der Waals surface area contributed by atoms with E-state index in [4.69, 9.17) is 4.28 Å². The number of fused-ring (bicyclic) bond motifs is 1. The molecular formula is C17H15NO5S. The first-order valence-electron chi connectivity index (χ1n) is 6.97. The van der Waals surface area contributed by atoms with Crippen LogP contribution >= 0.6 is 0 Å². The fourth-order valence-electron chi connectivity index (χ4n) is 2.42. The van der Waals surface area contributed by atoms with Crippen molar-refractivity contribution in [2.45, 2.75) is 11.8 Å². The van der Waals surface area contributed by atoms with Crippen LogP contribution in [0.25, 0.3) is 23.9 Å². The summed E-state index contributed by atoms with van der Waals surface area (Å²) in [7, 11) is -4.25. The predicted molar refractivity (Wildman–Crippen MR) is 90.5 cm³/mol. The highest BCUT2D eigenvalue weighted by Gasteiger charge is 2.24. The maximum Gasteiger partial charge on any atom is 0.357 e. The Labute approximate surface area is 138 Å². The number of rotatable bonds is 3. The van der Waals surface area contributed by atoms with E-state index < -0.39 is 21.9 Å². The van der Waals surface area contributed by atoms with Crippen molar-refractivity contribution in [1.82, 2.24) is 4.73 Å². The van der Waals surface area contributed by atoms with Gasteiger partial charge in [-0.25, -0.2) is 0 Å². The average Bonchev–Trinajstić information content (AvgIpc) is 2.77. The molecule has 2 aromatic carbocycles. The monoisotopic (exact) mass is 345 g/mol. The van der Waals surface area contributed by atoms with E-state index in [0.717, 1.165) is 5.56 Å². The first-order valence-corrected chi connectivity index (χ1v) is 8.38. The highest BCUT2D eigenvalue weighted by Crippen LogP contribution is 2.31. The molecule has 0 spiro atoms. The number of hydrogen-bond donors (Lipinski definition) is 2. The van der Waals surface area contributed by atoms with Crippen molar-refractivity contribution in [3.8, 4) is 11.8 Å². The van der Waals surface area contributed by atoms with Crippen molar-refractivity contribution >= 4 is 34.0 Å². The molecule has 124 valence electrons. The first kappa shape index (κ1) is 15.9. The first-order chi connectivity index (χ1) is 11.2. The third kappa shape index (κ3) is 2.39. The Hall–Kier alpha value is -2.93. The molecule has 0 atom stereocenters. The van der Waals surface area contributed by atoms with Gasteiger partial charge in [-0.05, 0) is 29.5 Å². The Morgan fingerprint density at radius 3 is 1.83 bits per heavy atom. The molecule has 0 fully saturated rings. The van der Waals surface area contributed by atoms with Gasteiger partial charge in [-0.3, -0.25) is 4.28 Å². The molecule has 0 saturated carbocycles. The Balaban J connectivity index is 2.19. The van der Waals surface area contributed by atoms with Gasteiger partial charge in [-0.15, -0.1) is 0 Å². The number of aryl methyl sites for hydroxylation is 1. The molecule has 0 aliphatic heterocycles. The molecule has 3 aromatic rings. The second kappa shape index (κ2) is 5.31. The second-order valence-corrected chi connectivity index (χ2v) is 6.95. The minimum Gasteiger partial charge on any atom is -0.492 e. The van der Waals surface area contributed by atoms with Gasteiger partial charge in [0.1, 0.15) is 4.90 Å². The maximum atomic E-state index is 12.4. The average molecular weight is 345 g/mol. The van der Waals surface area contributed by atoms with Crippen LogP contribution in [0, 0.1) is 6.92 Å². The number of benzene rings is 2. The van der Waals surface area contributed by atoms with Crippen molar-refractivity contribution in [2.75, 3.05) is 0 Å². The zero-order chi connectivity index (χ0) is 17.6. The summed E-state index contributed by atoms with van der Waals surface area (Å²) >= 11 is 0. The van der Waals surface area contributed by atoms with Crippen LogP contribution in [0.4, 0.5) is 0 Å². The van der Waals surface area contributed by atoms with E-state index in [1.54, 1.807) is 24.3 Å². The summed E-state index contributed by atoms with van der Waals surface area (Å²) in [6, 6.07) is 9.18. The van der Waals surface area contributed by atoms with E-state index >= 15 is 0 Å². The molecule has 0 aliphatic carbocycles. The van der Waals surface area contributed by atoms with Crippen LogP contribution in [-0.4, -0.2) is 23.4 Å². The van der Waals surface area contributed by atoms with Crippen LogP contribution in [-0.2, 0) is 10.1 Å². The second-order valence-electron chi connectivity index (χ2n) is 5.42. The van der Waals surface area contributed by atoms with Crippen molar-refractivity contribution in [1.29, 1.82) is 0 Å². The van der Waals surface area contributed by atoms with Gasteiger partial charge in [0, 0.05) is 0 Å². The minimum atomic E-state index is -4.25. The lowest BCUT2D eigenvalue weighted by molar-refractivity contribution is 0.205. The van der Waals surface area contributed by atoms with E-state index in [9.17, 15) is 18.6 Å². The number of aromatic nitrogens is 1. The summed E-state index contributed by atoms with van der Waals surface area (Å²) in [6.45, 7) is 9.32. The highest BCUT2D eigenvalue weighted by molar-refractivity contribution is 7.87. The zero-order valence-electron chi connectivity index (χ0n) is 12.9. The van der Waals surface area contributed by atoms with Crippen LogP contribution in [0.1, 0.15) is 5.56 Å². The van der Waals surface area contributed by atoms with Gasteiger partial charge in [0.25, 0.3) is 0 Å². The van der Waals surface area contributed by atoms with Gasteiger partial charge in [0.15, 0.2) is 0 Å². The topological polar surface area (TPSA) is 88.8 Å². The van der Waals surface area contributed by atoms with E-state index in [2.05, 4.69) is 13.2 Å². The fourth-order valence-corrected chi connectivity index (χ4v) is 3.31. The van der Waals surface area contributed by atoms with Gasteiger partial charge in [-0.1, -0.05) is 47.7 Å². The van der Waals surface area contributed by atoms with Crippen LogP contribution in [0.15, 0.2) is 41.3 Å². The lowest BCUT2D eigenvalue weighted by atomic mass is 10.1. The summed E-state index contributed by atoms with van der Waals surface area (Å²) in [5, 5.41) is 21.7. The summed E-state index contributed by atoms with van der Waals surface area (Å²) in [5.41, 5.74) is 0.884. The van der Waals surface area contributed by atoms with E-state index in [1.165, 1.54) is 12.1 Å². The van der Waals surface area contributed by atoms with Crippen LogP contribution in [0.5, 0.6) is 11.8 Å². The molecule has 0 aliphatic rings. The third-order valence-electron chi connectivity index (χ3n) is 3.69. The predicted octanol–water partition coefficient (Wildman–Crippen LogP) is 0.999. The van der Waals surface area contributed by atoms with Gasteiger partial charge in [0.2, 0.25) is 11.8 Å². The van der Waals surface area contributed by atoms with E-state index in [1.807, 2.05) is 6.92 Å². The standard InChI is InChI=1S/C17H15NO5S/c1-10-4-8-13(9-5-10)24(21,22)23-18-16(19)14-11(2)6-7-12(3)15(14)17(18)20/h4-9,19-20H,2-3H2,1H3. The summed E-state index contributed by atoms with van der Waals surface area (Å²) < 4.78 is 30.1. The molecule has 1 heterocycles. The van der Waals surface area contributed by atoms with E-state index in [0.29, 0.717) is 15.2 Å². The Kier molecular flexibility index (Phi) is 3.53. The van der Waals surface area contributed by atoms with Crippen molar-refractivity contribution in [2.24, 2.45) is 0 Å². The molecule has 0 amide bonds. The van der Waals surface area contributed by atoms with Crippen molar-refractivity contribution in [3.63, 3.8) is 0 Å². The molecule has 7 heteroatoms. The van der Waals surface area contributed by atoms with Crippen LogP contribution in [0.3, 0.4) is 0 Å². The lowest BCUT2D eigenvalue weighted by Gasteiger charge is -2.09. The SMILES string of the molecule is C=c1ccc(=C)c2c(O)n(OS(=O)(=O)c3ccc(C)cc3)c(O)c12. The minimum absolute atomic E-state index is 0.102. The number of hydrogen-bond acceptors (Lipinski definition) is 5. The molecule has 2 N–H and O–H groups in total. The molecule has 0 saturated heterocycles. The van der Waals surface area contributed by atoms with Gasteiger partial charge in [-0.2, -0.15) is 8.42 Å².